The quantitative estimate of drug-likeness (QED) is 0.773. The SMILES string of the molecule is NCc1c(F)cc(OC(F)F)cc1F. The average molecular weight is 209 g/mol. The molecule has 2 nitrogen and oxygen atoms in total. The Labute approximate surface area is 77.3 Å². The van der Waals surface area contributed by atoms with E-state index in [1.165, 1.54) is 0 Å². The van der Waals surface area contributed by atoms with Gasteiger partial charge < -0.3 is 10.5 Å². The molecule has 0 aliphatic carbocycles. The van der Waals surface area contributed by atoms with Gasteiger partial charge in [0, 0.05) is 24.2 Å². The Morgan fingerprint density at radius 3 is 2.07 bits per heavy atom. The molecule has 0 atom stereocenters. The van der Waals surface area contributed by atoms with Crippen molar-refractivity contribution in [2.75, 3.05) is 0 Å². The molecule has 14 heavy (non-hydrogen) atoms. The standard InChI is InChI=1S/C8H7F4NO/c9-6-1-4(14-8(11)12)2-7(10)5(6)3-13/h1-2,8H,3,13H2. The fourth-order valence-corrected chi connectivity index (χ4v) is 0.946. The lowest BCUT2D eigenvalue weighted by Crippen LogP contribution is -2.07. The molecular weight excluding hydrogens is 202 g/mol. The second-order valence-corrected chi connectivity index (χ2v) is 2.45. The number of hydrogen-bond donors (Lipinski definition) is 1. The lowest BCUT2D eigenvalue weighted by atomic mass is 10.2. The monoisotopic (exact) mass is 209 g/mol. The van der Waals surface area contributed by atoms with Crippen LogP contribution in [0.15, 0.2) is 12.1 Å². The second kappa shape index (κ2) is 4.28. The van der Waals surface area contributed by atoms with Crippen molar-refractivity contribution in [1.29, 1.82) is 0 Å². The van der Waals surface area contributed by atoms with E-state index in [4.69, 9.17) is 5.73 Å². The summed E-state index contributed by atoms with van der Waals surface area (Å²) in [5.41, 5.74) is 4.68. The Hall–Kier alpha value is -1.30. The van der Waals surface area contributed by atoms with Gasteiger partial charge in [-0.3, -0.25) is 0 Å². The van der Waals surface area contributed by atoms with Crippen LogP contribution in [0.25, 0.3) is 0 Å². The lowest BCUT2D eigenvalue weighted by molar-refractivity contribution is -0.0501. The van der Waals surface area contributed by atoms with E-state index >= 15 is 0 Å². The van der Waals surface area contributed by atoms with Crippen LogP contribution in [-0.4, -0.2) is 6.61 Å². The molecule has 0 heterocycles. The number of nitrogens with two attached hydrogens (primary N) is 1. The maximum absolute atomic E-state index is 12.9. The fraction of sp³-hybridized carbons (Fsp3) is 0.250. The maximum atomic E-state index is 12.9. The Morgan fingerprint density at radius 2 is 1.71 bits per heavy atom. The molecule has 0 saturated carbocycles. The molecule has 1 aromatic rings. The van der Waals surface area contributed by atoms with Crippen molar-refractivity contribution in [3.8, 4) is 5.75 Å². The lowest BCUT2D eigenvalue weighted by Gasteiger charge is -2.07. The van der Waals surface area contributed by atoms with Gasteiger partial charge in [-0.15, -0.1) is 0 Å². The first-order chi connectivity index (χ1) is 6.54. The smallest absolute Gasteiger partial charge is 0.387 e. The summed E-state index contributed by atoms with van der Waals surface area (Å²) in [6, 6.07) is 1.33. The number of halogens is 4. The molecule has 0 aliphatic heterocycles. The predicted molar refractivity (Wildman–Crippen MR) is 40.9 cm³/mol. The van der Waals surface area contributed by atoms with Crippen LogP contribution in [0.4, 0.5) is 17.6 Å². The first kappa shape index (κ1) is 10.8. The number of alkyl halides is 2. The highest BCUT2D eigenvalue weighted by Crippen LogP contribution is 2.21. The van der Waals surface area contributed by atoms with E-state index in [1.54, 1.807) is 0 Å². The summed E-state index contributed by atoms with van der Waals surface area (Å²) in [5, 5.41) is 0. The van der Waals surface area contributed by atoms with Crippen molar-refractivity contribution in [3.63, 3.8) is 0 Å². The van der Waals surface area contributed by atoms with Crippen molar-refractivity contribution < 1.29 is 22.3 Å². The normalized spacial score (nSPS) is 10.7. The molecule has 0 radical (unpaired) electrons. The molecule has 0 aliphatic rings. The number of rotatable bonds is 3. The molecule has 0 bridgehead atoms. The summed E-state index contributed by atoms with van der Waals surface area (Å²) in [5.74, 6) is -2.56. The van der Waals surface area contributed by atoms with Gasteiger partial charge in [-0.2, -0.15) is 8.78 Å². The fourth-order valence-electron chi connectivity index (χ4n) is 0.946. The summed E-state index contributed by atoms with van der Waals surface area (Å²) in [6.07, 6.45) is 0. The van der Waals surface area contributed by atoms with Crippen molar-refractivity contribution in [1.82, 2.24) is 0 Å². The Balaban J connectivity index is 3.01. The third-order valence-corrected chi connectivity index (χ3v) is 1.54. The minimum Gasteiger partial charge on any atom is -0.435 e. The van der Waals surface area contributed by atoms with E-state index in [-0.39, 0.29) is 12.1 Å². The van der Waals surface area contributed by atoms with Crippen molar-refractivity contribution in [2.45, 2.75) is 13.2 Å². The van der Waals surface area contributed by atoms with Crippen LogP contribution in [0.1, 0.15) is 5.56 Å². The summed E-state index contributed by atoms with van der Waals surface area (Å²) >= 11 is 0. The highest BCUT2D eigenvalue weighted by atomic mass is 19.3. The topological polar surface area (TPSA) is 35.2 Å². The molecule has 0 amide bonds. The zero-order valence-corrected chi connectivity index (χ0v) is 6.94. The highest BCUT2D eigenvalue weighted by molar-refractivity contribution is 5.30. The van der Waals surface area contributed by atoms with E-state index in [0.29, 0.717) is 12.1 Å². The highest BCUT2D eigenvalue weighted by Gasteiger charge is 2.12. The van der Waals surface area contributed by atoms with Gasteiger partial charge in [0.15, 0.2) is 0 Å². The molecular formula is C8H7F4NO. The van der Waals surface area contributed by atoms with E-state index < -0.39 is 24.0 Å². The number of ether oxygens (including phenoxy) is 1. The van der Waals surface area contributed by atoms with E-state index in [2.05, 4.69) is 4.74 Å². The first-order valence-corrected chi connectivity index (χ1v) is 3.67. The van der Waals surface area contributed by atoms with Gasteiger partial charge >= 0.3 is 6.61 Å². The largest absolute Gasteiger partial charge is 0.435 e. The van der Waals surface area contributed by atoms with Crippen LogP contribution < -0.4 is 10.5 Å². The molecule has 1 aromatic carbocycles. The van der Waals surface area contributed by atoms with Crippen LogP contribution in [0.3, 0.4) is 0 Å². The number of hydrogen-bond acceptors (Lipinski definition) is 2. The van der Waals surface area contributed by atoms with E-state index in [9.17, 15) is 17.6 Å². The van der Waals surface area contributed by atoms with Crippen molar-refractivity contribution in [3.05, 3.63) is 29.3 Å². The van der Waals surface area contributed by atoms with Gasteiger partial charge in [-0.1, -0.05) is 0 Å². The molecule has 0 saturated heterocycles. The van der Waals surface area contributed by atoms with Gasteiger partial charge in [0.05, 0.1) is 0 Å². The Morgan fingerprint density at radius 1 is 1.21 bits per heavy atom. The zero-order valence-electron chi connectivity index (χ0n) is 6.94. The summed E-state index contributed by atoms with van der Waals surface area (Å²) in [4.78, 5) is 0. The molecule has 6 heteroatoms. The summed E-state index contributed by atoms with van der Waals surface area (Å²) < 4.78 is 53.0. The summed E-state index contributed by atoms with van der Waals surface area (Å²) in [6.45, 7) is -3.45. The first-order valence-electron chi connectivity index (χ1n) is 3.67. The van der Waals surface area contributed by atoms with Crippen LogP contribution in [-0.2, 0) is 6.54 Å². The molecule has 0 spiro atoms. The van der Waals surface area contributed by atoms with Gasteiger partial charge in [-0.25, -0.2) is 8.78 Å². The van der Waals surface area contributed by atoms with Crippen LogP contribution in [0.5, 0.6) is 5.75 Å². The van der Waals surface area contributed by atoms with Gasteiger partial charge in [0.2, 0.25) is 0 Å². The molecule has 0 fully saturated rings. The molecule has 78 valence electrons. The van der Waals surface area contributed by atoms with Gasteiger partial charge in [0.1, 0.15) is 17.4 Å². The van der Waals surface area contributed by atoms with Crippen LogP contribution in [0, 0.1) is 11.6 Å². The second-order valence-electron chi connectivity index (χ2n) is 2.45. The molecule has 0 unspecified atom stereocenters. The van der Waals surface area contributed by atoms with Crippen molar-refractivity contribution in [2.24, 2.45) is 5.73 Å². The molecule has 2 N–H and O–H groups in total. The van der Waals surface area contributed by atoms with Gasteiger partial charge in [-0.05, 0) is 0 Å². The average Bonchev–Trinajstić information content (AvgIpc) is 2.01. The Bertz CT molecular complexity index is 306. The zero-order chi connectivity index (χ0) is 10.7. The molecule has 0 aromatic heterocycles. The van der Waals surface area contributed by atoms with Gasteiger partial charge in [0.25, 0.3) is 0 Å². The van der Waals surface area contributed by atoms with E-state index in [0.717, 1.165) is 0 Å². The third-order valence-electron chi connectivity index (χ3n) is 1.54. The summed E-state index contributed by atoms with van der Waals surface area (Å²) in [7, 11) is 0. The van der Waals surface area contributed by atoms with E-state index in [1.807, 2.05) is 0 Å². The third kappa shape index (κ3) is 2.35. The number of benzene rings is 1. The molecule has 1 rings (SSSR count). The predicted octanol–water partition coefficient (Wildman–Crippen LogP) is 2.02. The van der Waals surface area contributed by atoms with Crippen molar-refractivity contribution >= 4 is 0 Å². The Kier molecular flexibility index (Phi) is 3.29. The van der Waals surface area contributed by atoms with Crippen LogP contribution in [0.2, 0.25) is 0 Å². The minimum atomic E-state index is -3.11. The minimum absolute atomic E-state index is 0.341. The maximum Gasteiger partial charge on any atom is 0.387 e. The van der Waals surface area contributed by atoms with Crippen LogP contribution >= 0.6 is 0 Å².